The standard InChI is InChI=1S/C18H17NO2/c1-21-16-9-15(11-19-12-16)18(20)10-14-7-4-6-13-5-2-3-8-17(13)14/h2-9,11-12,18,20H,10H2,1H3. The Morgan fingerprint density at radius 1 is 1.10 bits per heavy atom. The van der Waals surface area contributed by atoms with Gasteiger partial charge in [-0.15, -0.1) is 0 Å². The number of hydrogen-bond acceptors (Lipinski definition) is 3. The highest BCUT2D eigenvalue weighted by Gasteiger charge is 2.12. The molecule has 3 heteroatoms. The molecule has 0 spiro atoms. The van der Waals surface area contributed by atoms with Crippen LogP contribution in [0.25, 0.3) is 10.8 Å². The summed E-state index contributed by atoms with van der Waals surface area (Å²) in [5, 5.41) is 12.8. The summed E-state index contributed by atoms with van der Waals surface area (Å²) < 4.78 is 5.15. The molecular weight excluding hydrogens is 262 g/mol. The van der Waals surface area contributed by atoms with Gasteiger partial charge < -0.3 is 9.84 Å². The van der Waals surface area contributed by atoms with E-state index in [-0.39, 0.29) is 0 Å². The Balaban J connectivity index is 1.90. The molecule has 0 radical (unpaired) electrons. The number of aliphatic hydroxyl groups is 1. The molecular formula is C18H17NO2. The van der Waals surface area contributed by atoms with Gasteiger partial charge >= 0.3 is 0 Å². The van der Waals surface area contributed by atoms with Crippen molar-refractivity contribution in [3.63, 3.8) is 0 Å². The van der Waals surface area contributed by atoms with Crippen LogP contribution in [0.2, 0.25) is 0 Å². The van der Waals surface area contributed by atoms with Crippen LogP contribution in [-0.2, 0) is 6.42 Å². The molecule has 0 fully saturated rings. The first-order valence-corrected chi connectivity index (χ1v) is 6.91. The fourth-order valence-electron chi connectivity index (χ4n) is 2.53. The second-order valence-electron chi connectivity index (χ2n) is 5.02. The predicted molar refractivity (Wildman–Crippen MR) is 83.4 cm³/mol. The molecule has 0 aliphatic carbocycles. The van der Waals surface area contributed by atoms with Crippen molar-refractivity contribution in [3.8, 4) is 5.75 Å². The minimum atomic E-state index is -0.599. The van der Waals surface area contributed by atoms with Gasteiger partial charge in [0.2, 0.25) is 0 Å². The third-order valence-electron chi connectivity index (χ3n) is 3.65. The van der Waals surface area contributed by atoms with Gasteiger partial charge in [-0.1, -0.05) is 42.5 Å². The van der Waals surface area contributed by atoms with Gasteiger partial charge in [0.1, 0.15) is 5.75 Å². The van der Waals surface area contributed by atoms with E-state index in [2.05, 4.69) is 29.2 Å². The van der Waals surface area contributed by atoms with Crippen molar-refractivity contribution in [2.45, 2.75) is 12.5 Å². The second kappa shape index (κ2) is 5.94. The lowest BCUT2D eigenvalue weighted by Crippen LogP contribution is -2.03. The van der Waals surface area contributed by atoms with E-state index in [9.17, 15) is 5.11 Å². The third-order valence-corrected chi connectivity index (χ3v) is 3.65. The Kier molecular flexibility index (Phi) is 3.84. The van der Waals surface area contributed by atoms with Gasteiger partial charge in [-0.05, 0) is 22.4 Å². The number of hydrogen-bond donors (Lipinski definition) is 1. The zero-order valence-electron chi connectivity index (χ0n) is 11.9. The van der Waals surface area contributed by atoms with Crippen LogP contribution in [0.4, 0.5) is 0 Å². The summed E-state index contributed by atoms with van der Waals surface area (Å²) in [6, 6.07) is 16.2. The monoisotopic (exact) mass is 279 g/mol. The minimum Gasteiger partial charge on any atom is -0.495 e. The van der Waals surface area contributed by atoms with E-state index in [1.807, 2.05) is 24.3 Å². The van der Waals surface area contributed by atoms with Gasteiger partial charge in [0.15, 0.2) is 0 Å². The summed E-state index contributed by atoms with van der Waals surface area (Å²) in [5.41, 5.74) is 1.89. The molecule has 1 atom stereocenters. The first-order chi connectivity index (χ1) is 10.3. The van der Waals surface area contributed by atoms with E-state index in [1.165, 1.54) is 10.8 Å². The van der Waals surface area contributed by atoms with Crippen LogP contribution in [0.1, 0.15) is 17.2 Å². The molecule has 21 heavy (non-hydrogen) atoms. The SMILES string of the molecule is COc1cncc(C(O)Cc2cccc3ccccc23)c1. The van der Waals surface area contributed by atoms with Crippen LogP contribution >= 0.6 is 0 Å². The molecule has 2 aromatic carbocycles. The zero-order valence-corrected chi connectivity index (χ0v) is 11.9. The highest BCUT2D eigenvalue weighted by Crippen LogP contribution is 2.25. The Labute approximate surface area is 123 Å². The fourth-order valence-corrected chi connectivity index (χ4v) is 2.53. The summed E-state index contributed by atoms with van der Waals surface area (Å²) in [5.74, 6) is 0.657. The van der Waals surface area contributed by atoms with Crippen molar-refractivity contribution in [3.05, 3.63) is 72.1 Å². The summed E-state index contributed by atoms with van der Waals surface area (Å²) >= 11 is 0. The van der Waals surface area contributed by atoms with Crippen LogP contribution in [0.5, 0.6) is 5.75 Å². The number of methoxy groups -OCH3 is 1. The molecule has 0 saturated heterocycles. The number of rotatable bonds is 4. The van der Waals surface area contributed by atoms with Crippen molar-refractivity contribution in [1.82, 2.24) is 4.98 Å². The Bertz CT molecular complexity index is 750. The van der Waals surface area contributed by atoms with Crippen molar-refractivity contribution < 1.29 is 9.84 Å². The van der Waals surface area contributed by atoms with E-state index in [4.69, 9.17) is 4.74 Å². The quantitative estimate of drug-likeness (QED) is 0.794. The summed E-state index contributed by atoms with van der Waals surface area (Å²) in [7, 11) is 1.60. The van der Waals surface area contributed by atoms with Crippen molar-refractivity contribution in [2.75, 3.05) is 7.11 Å². The van der Waals surface area contributed by atoms with Crippen molar-refractivity contribution >= 4 is 10.8 Å². The van der Waals surface area contributed by atoms with Crippen LogP contribution in [-0.4, -0.2) is 17.2 Å². The molecule has 1 aromatic heterocycles. The predicted octanol–water partition coefficient (Wildman–Crippen LogP) is 3.52. The third kappa shape index (κ3) is 2.88. The number of benzene rings is 2. The summed E-state index contributed by atoms with van der Waals surface area (Å²) in [6.07, 6.45) is 3.27. The Morgan fingerprint density at radius 2 is 1.90 bits per heavy atom. The maximum Gasteiger partial charge on any atom is 0.137 e. The normalized spacial score (nSPS) is 12.3. The van der Waals surface area contributed by atoms with Crippen LogP contribution in [0.3, 0.4) is 0 Å². The van der Waals surface area contributed by atoms with E-state index in [1.54, 1.807) is 19.5 Å². The smallest absolute Gasteiger partial charge is 0.137 e. The van der Waals surface area contributed by atoms with Crippen LogP contribution < -0.4 is 4.74 Å². The lowest BCUT2D eigenvalue weighted by Gasteiger charge is -2.13. The first-order valence-electron chi connectivity index (χ1n) is 6.91. The summed E-state index contributed by atoms with van der Waals surface area (Å²) in [6.45, 7) is 0. The summed E-state index contributed by atoms with van der Waals surface area (Å²) in [4.78, 5) is 4.10. The number of nitrogens with zero attached hydrogens (tertiary/aromatic N) is 1. The average molecular weight is 279 g/mol. The van der Waals surface area contributed by atoms with Gasteiger partial charge in [0.05, 0.1) is 19.4 Å². The molecule has 3 aromatic rings. The van der Waals surface area contributed by atoms with E-state index >= 15 is 0 Å². The average Bonchev–Trinajstić information content (AvgIpc) is 2.55. The van der Waals surface area contributed by atoms with E-state index < -0.39 is 6.10 Å². The van der Waals surface area contributed by atoms with E-state index in [0.717, 1.165) is 11.1 Å². The highest BCUT2D eigenvalue weighted by molar-refractivity contribution is 5.85. The largest absolute Gasteiger partial charge is 0.495 e. The van der Waals surface area contributed by atoms with Gasteiger partial charge in [-0.3, -0.25) is 4.98 Å². The first kappa shape index (κ1) is 13.6. The van der Waals surface area contributed by atoms with Crippen LogP contribution in [0.15, 0.2) is 60.9 Å². The fraction of sp³-hybridized carbons (Fsp3) is 0.167. The molecule has 0 bridgehead atoms. The maximum absolute atomic E-state index is 10.5. The molecule has 0 aliphatic rings. The lowest BCUT2D eigenvalue weighted by molar-refractivity contribution is 0.178. The number of fused-ring (bicyclic) bond motifs is 1. The topological polar surface area (TPSA) is 42.4 Å². The lowest BCUT2D eigenvalue weighted by atomic mass is 9.97. The second-order valence-corrected chi connectivity index (χ2v) is 5.02. The van der Waals surface area contributed by atoms with Gasteiger partial charge in [0.25, 0.3) is 0 Å². The molecule has 1 unspecified atom stereocenters. The zero-order chi connectivity index (χ0) is 14.7. The molecule has 3 rings (SSSR count). The van der Waals surface area contributed by atoms with Gasteiger partial charge in [-0.2, -0.15) is 0 Å². The Hall–Kier alpha value is -2.39. The highest BCUT2D eigenvalue weighted by atomic mass is 16.5. The molecule has 0 saturated carbocycles. The van der Waals surface area contributed by atoms with Gasteiger partial charge in [0, 0.05) is 18.2 Å². The van der Waals surface area contributed by atoms with E-state index in [0.29, 0.717) is 12.2 Å². The Morgan fingerprint density at radius 3 is 2.76 bits per heavy atom. The molecule has 1 heterocycles. The van der Waals surface area contributed by atoms with Crippen molar-refractivity contribution in [2.24, 2.45) is 0 Å². The molecule has 0 aliphatic heterocycles. The number of aliphatic hydroxyl groups excluding tert-OH is 1. The minimum absolute atomic E-state index is 0.552. The molecule has 1 N–H and O–H groups in total. The molecule has 3 nitrogen and oxygen atoms in total. The number of aromatic nitrogens is 1. The number of pyridine rings is 1. The maximum atomic E-state index is 10.5. The molecule has 106 valence electrons. The van der Waals surface area contributed by atoms with Gasteiger partial charge in [-0.25, -0.2) is 0 Å². The van der Waals surface area contributed by atoms with Crippen molar-refractivity contribution in [1.29, 1.82) is 0 Å². The van der Waals surface area contributed by atoms with Crippen LogP contribution in [0, 0.1) is 0 Å². The number of ether oxygens (including phenoxy) is 1. The molecule has 0 amide bonds.